The van der Waals surface area contributed by atoms with Crippen molar-refractivity contribution < 1.29 is 25.2 Å². The molecule has 0 amide bonds. The van der Waals surface area contributed by atoms with Gasteiger partial charge in [0.1, 0.15) is 30.5 Å². The van der Waals surface area contributed by atoms with E-state index in [1.165, 1.54) is 0 Å². The first-order valence-electron chi connectivity index (χ1n) is 4.86. The Labute approximate surface area is 103 Å². The fourth-order valence-corrected chi connectivity index (χ4v) is 1.48. The minimum Gasteiger partial charge on any atom is -0.394 e. The Morgan fingerprint density at radius 3 is 2.53 bits per heavy atom. The van der Waals surface area contributed by atoms with Gasteiger partial charge in [0.15, 0.2) is 5.11 Å². The van der Waals surface area contributed by atoms with E-state index >= 15 is 0 Å². The third-order valence-electron chi connectivity index (χ3n) is 2.33. The number of nitrogens with one attached hydrogen (secondary N) is 1. The highest BCUT2D eigenvalue weighted by molar-refractivity contribution is 7.80. The van der Waals surface area contributed by atoms with Crippen molar-refractivity contribution in [2.45, 2.75) is 30.5 Å². The van der Waals surface area contributed by atoms with Gasteiger partial charge in [-0.2, -0.15) is 5.10 Å². The van der Waals surface area contributed by atoms with Gasteiger partial charge in [0.2, 0.25) is 0 Å². The highest BCUT2D eigenvalue weighted by atomic mass is 32.1. The molecule has 0 spiro atoms. The lowest BCUT2D eigenvalue weighted by molar-refractivity contribution is -0.210. The first kappa shape index (κ1) is 14.2. The van der Waals surface area contributed by atoms with Crippen molar-refractivity contribution in [1.82, 2.24) is 5.43 Å². The minimum absolute atomic E-state index is 0.0640. The van der Waals surface area contributed by atoms with Crippen LogP contribution in [-0.2, 0) is 4.74 Å². The van der Waals surface area contributed by atoms with Crippen molar-refractivity contribution in [3.8, 4) is 0 Å². The molecule has 5 atom stereocenters. The number of hydrogen-bond donors (Lipinski definition) is 6. The van der Waals surface area contributed by atoms with E-state index in [1.807, 2.05) is 0 Å². The fourth-order valence-electron chi connectivity index (χ4n) is 1.43. The summed E-state index contributed by atoms with van der Waals surface area (Å²) in [5.41, 5.74) is 7.37. The zero-order valence-electron chi connectivity index (χ0n) is 8.80. The number of aliphatic hydroxyl groups excluding tert-OH is 4. The highest BCUT2D eigenvalue weighted by Gasteiger charge is 2.42. The second kappa shape index (κ2) is 6.19. The van der Waals surface area contributed by atoms with Crippen LogP contribution < -0.4 is 11.2 Å². The molecular formula is C8H15N3O5S. The standard InChI is InChI=1S/C8H15N3O5S/c9-8(17)11-10-1-3-5(13)7(15)6(14)4(2-12)16-3/h1,3-7,12-15H,2H2,(H3,9,11,17)/b10-1+/t3-,4+,5-,6+,7+/m0/s1. The summed E-state index contributed by atoms with van der Waals surface area (Å²) >= 11 is 4.50. The maximum atomic E-state index is 9.59. The Bertz CT molecular complexity index is 301. The Hall–Kier alpha value is -0.840. The number of thiocarbonyl (C=S) groups is 1. The molecule has 1 saturated heterocycles. The average molecular weight is 265 g/mol. The molecule has 9 heteroatoms. The predicted molar refractivity (Wildman–Crippen MR) is 62.2 cm³/mol. The Kier molecular flexibility index (Phi) is 5.18. The van der Waals surface area contributed by atoms with E-state index in [-0.39, 0.29) is 5.11 Å². The van der Waals surface area contributed by atoms with E-state index in [9.17, 15) is 15.3 Å². The summed E-state index contributed by atoms with van der Waals surface area (Å²) in [5.74, 6) is 0. The summed E-state index contributed by atoms with van der Waals surface area (Å²) < 4.78 is 5.13. The van der Waals surface area contributed by atoms with E-state index in [0.717, 1.165) is 6.21 Å². The molecule has 0 aromatic carbocycles. The van der Waals surface area contributed by atoms with Crippen molar-refractivity contribution >= 4 is 23.5 Å². The third-order valence-corrected chi connectivity index (χ3v) is 2.42. The number of aliphatic hydroxyl groups is 4. The van der Waals surface area contributed by atoms with Crippen LogP contribution in [0.15, 0.2) is 5.10 Å². The molecule has 1 heterocycles. The van der Waals surface area contributed by atoms with Crippen LogP contribution in [0.1, 0.15) is 0 Å². The Balaban J connectivity index is 2.65. The molecule has 8 nitrogen and oxygen atoms in total. The Morgan fingerprint density at radius 2 is 2.00 bits per heavy atom. The molecule has 0 aromatic rings. The van der Waals surface area contributed by atoms with Crippen molar-refractivity contribution in [3.63, 3.8) is 0 Å². The molecular weight excluding hydrogens is 250 g/mol. The number of hydrogen-bond acceptors (Lipinski definition) is 7. The summed E-state index contributed by atoms with van der Waals surface area (Å²) in [6.45, 7) is -0.488. The van der Waals surface area contributed by atoms with E-state index in [1.54, 1.807) is 0 Å². The van der Waals surface area contributed by atoms with Gasteiger partial charge in [0.25, 0.3) is 0 Å². The molecule has 7 N–H and O–H groups in total. The molecule has 17 heavy (non-hydrogen) atoms. The van der Waals surface area contributed by atoms with Crippen LogP contribution in [0.3, 0.4) is 0 Å². The molecule has 1 aliphatic heterocycles. The van der Waals surface area contributed by atoms with E-state index in [0.29, 0.717) is 0 Å². The summed E-state index contributed by atoms with van der Waals surface area (Å²) in [7, 11) is 0. The minimum atomic E-state index is -1.43. The van der Waals surface area contributed by atoms with Gasteiger partial charge in [-0.25, -0.2) is 0 Å². The molecule has 0 aliphatic carbocycles. The summed E-state index contributed by atoms with van der Waals surface area (Å²) in [4.78, 5) is 0. The van der Waals surface area contributed by atoms with Crippen molar-refractivity contribution in [1.29, 1.82) is 0 Å². The number of nitrogens with two attached hydrogens (primary N) is 1. The van der Waals surface area contributed by atoms with Gasteiger partial charge in [0.05, 0.1) is 12.8 Å². The largest absolute Gasteiger partial charge is 0.394 e. The highest BCUT2D eigenvalue weighted by Crippen LogP contribution is 2.19. The summed E-state index contributed by atoms with van der Waals surface area (Å²) in [6.07, 6.45) is -4.97. The normalized spacial score (nSPS) is 38.2. The van der Waals surface area contributed by atoms with Gasteiger partial charge in [-0.3, -0.25) is 5.43 Å². The van der Waals surface area contributed by atoms with Crippen LogP contribution in [0.25, 0.3) is 0 Å². The van der Waals surface area contributed by atoms with Gasteiger partial charge < -0.3 is 30.9 Å². The SMILES string of the molecule is NC(=S)N/N=C/[C@@H]1O[C@H](CO)[C@@H](O)[C@H](O)[C@H]1O. The molecule has 0 aromatic heterocycles. The van der Waals surface area contributed by atoms with Crippen LogP contribution in [0.2, 0.25) is 0 Å². The lowest BCUT2D eigenvalue weighted by atomic mass is 9.96. The van der Waals surface area contributed by atoms with Crippen molar-refractivity contribution in [2.24, 2.45) is 10.8 Å². The van der Waals surface area contributed by atoms with E-state index in [2.05, 4.69) is 22.7 Å². The van der Waals surface area contributed by atoms with Crippen LogP contribution in [0.4, 0.5) is 0 Å². The number of nitrogens with zero attached hydrogens (tertiary/aromatic N) is 1. The van der Waals surface area contributed by atoms with Crippen LogP contribution >= 0.6 is 12.2 Å². The van der Waals surface area contributed by atoms with Gasteiger partial charge in [0, 0.05) is 0 Å². The summed E-state index contributed by atoms with van der Waals surface area (Å²) in [6, 6.07) is 0. The summed E-state index contributed by atoms with van der Waals surface area (Å²) in [5, 5.41) is 41.0. The average Bonchev–Trinajstić information content (AvgIpc) is 2.29. The quantitative estimate of drug-likeness (QED) is 0.177. The fraction of sp³-hybridized carbons (Fsp3) is 0.750. The maximum absolute atomic E-state index is 9.59. The first-order chi connectivity index (χ1) is 7.97. The monoisotopic (exact) mass is 265 g/mol. The van der Waals surface area contributed by atoms with Gasteiger partial charge in [-0.05, 0) is 12.2 Å². The van der Waals surface area contributed by atoms with Crippen LogP contribution in [0.5, 0.6) is 0 Å². The molecule has 0 radical (unpaired) electrons. The van der Waals surface area contributed by atoms with Gasteiger partial charge in [-0.15, -0.1) is 0 Å². The van der Waals surface area contributed by atoms with E-state index in [4.69, 9.17) is 15.6 Å². The molecule has 0 unspecified atom stereocenters. The first-order valence-corrected chi connectivity index (χ1v) is 5.27. The molecule has 98 valence electrons. The molecule has 1 rings (SSSR count). The predicted octanol–water partition coefficient (Wildman–Crippen LogP) is -3.35. The zero-order chi connectivity index (χ0) is 13.0. The Morgan fingerprint density at radius 1 is 1.35 bits per heavy atom. The van der Waals surface area contributed by atoms with Gasteiger partial charge in [-0.1, -0.05) is 0 Å². The van der Waals surface area contributed by atoms with Crippen LogP contribution in [-0.4, -0.2) is 68.9 Å². The molecule has 1 fully saturated rings. The number of ether oxygens (including phenoxy) is 1. The molecule has 1 aliphatic rings. The van der Waals surface area contributed by atoms with Crippen molar-refractivity contribution in [3.05, 3.63) is 0 Å². The number of hydrazone groups is 1. The van der Waals surface area contributed by atoms with Crippen molar-refractivity contribution in [2.75, 3.05) is 6.61 Å². The van der Waals surface area contributed by atoms with E-state index < -0.39 is 37.1 Å². The van der Waals surface area contributed by atoms with Crippen LogP contribution in [0, 0.1) is 0 Å². The second-order valence-electron chi connectivity index (χ2n) is 3.55. The number of rotatable bonds is 3. The van der Waals surface area contributed by atoms with Gasteiger partial charge >= 0.3 is 0 Å². The second-order valence-corrected chi connectivity index (χ2v) is 3.99. The molecule has 0 bridgehead atoms. The molecule has 0 saturated carbocycles. The maximum Gasteiger partial charge on any atom is 0.184 e. The topological polar surface area (TPSA) is 141 Å². The zero-order valence-corrected chi connectivity index (χ0v) is 9.62. The lowest BCUT2D eigenvalue weighted by Gasteiger charge is -2.38. The smallest absolute Gasteiger partial charge is 0.184 e. The third kappa shape index (κ3) is 3.56. The lowest BCUT2D eigenvalue weighted by Crippen LogP contribution is -2.59.